The van der Waals surface area contributed by atoms with E-state index in [9.17, 15) is 4.79 Å². The van der Waals surface area contributed by atoms with E-state index in [0.29, 0.717) is 29.6 Å². The Balaban J connectivity index is 2.31. The van der Waals surface area contributed by atoms with Crippen LogP contribution >= 0.6 is 12.2 Å². The number of hydrogen-bond acceptors (Lipinski definition) is 5. The van der Waals surface area contributed by atoms with E-state index in [0.717, 1.165) is 24.2 Å². The Kier molecular flexibility index (Phi) is 7.87. The minimum atomic E-state index is -0.434. The molecule has 142 valence electrons. The summed E-state index contributed by atoms with van der Waals surface area (Å²) in [7, 11) is 1.56. The number of allylic oxidation sites excluding steroid dienone is 1. The molecule has 7 heteroatoms. The number of carbonyl (C=O) groups excluding carboxylic acids is 1. The third-order valence-electron chi connectivity index (χ3n) is 4.00. The van der Waals surface area contributed by atoms with Crippen LogP contribution in [0, 0.1) is 0 Å². The van der Waals surface area contributed by atoms with Crippen LogP contribution in [0.2, 0.25) is 0 Å². The van der Waals surface area contributed by atoms with E-state index in [1.54, 1.807) is 7.11 Å². The van der Waals surface area contributed by atoms with E-state index >= 15 is 0 Å². The molecule has 0 bridgehead atoms. The lowest BCUT2D eigenvalue weighted by Crippen LogP contribution is -2.45. The molecule has 1 heterocycles. The molecule has 1 atom stereocenters. The highest BCUT2D eigenvalue weighted by molar-refractivity contribution is 7.80. The molecule has 2 N–H and O–H groups in total. The molecule has 2 rings (SSSR count). The second kappa shape index (κ2) is 10.1. The fourth-order valence-corrected chi connectivity index (χ4v) is 2.94. The van der Waals surface area contributed by atoms with Gasteiger partial charge in [-0.1, -0.05) is 31.5 Å². The van der Waals surface area contributed by atoms with Crippen molar-refractivity contribution in [2.24, 2.45) is 0 Å². The number of rotatable bonds is 9. The van der Waals surface area contributed by atoms with Gasteiger partial charge in [0, 0.05) is 18.4 Å². The van der Waals surface area contributed by atoms with E-state index in [-0.39, 0.29) is 6.61 Å². The number of hydrogen-bond donors (Lipinski definition) is 2. The number of esters is 1. The molecule has 0 aromatic heterocycles. The summed E-state index contributed by atoms with van der Waals surface area (Å²) in [6.45, 7) is 5.09. The average Bonchev–Trinajstić information content (AvgIpc) is 2.62. The number of carbonyl (C=O) groups is 1. The van der Waals surface area contributed by atoms with Crippen molar-refractivity contribution >= 4 is 23.3 Å². The Morgan fingerprint density at radius 1 is 1.23 bits per heavy atom. The van der Waals surface area contributed by atoms with Gasteiger partial charge in [-0.05, 0) is 31.6 Å². The number of thiocarbonyl (C=S) groups is 1. The number of ether oxygens (including phenoxy) is 3. The topological polar surface area (TPSA) is 68.8 Å². The summed E-state index contributed by atoms with van der Waals surface area (Å²) in [5.74, 6) is 0.327. The van der Waals surface area contributed by atoms with Crippen molar-refractivity contribution in [3.63, 3.8) is 0 Å². The predicted molar refractivity (Wildman–Crippen MR) is 104 cm³/mol. The van der Waals surface area contributed by atoms with Crippen molar-refractivity contribution in [2.75, 3.05) is 26.9 Å². The summed E-state index contributed by atoms with van der Waals surface area (Å²) in [4.78, 5) is 12.6. The zero-order valence-electron chi connectivity index (χ0n) is 15.5. The molecule has 0 saturated heterocycles. The lowest BCUT2D eigenvalue weighted by atomic mass is 9.95. The van der Waals surface area contributed by atoms with Gasteiger partial charge >= 0.3 is 5.97 Å². The third-order valence-corrected chi connectivity index (χ3v) is 4.22. The molecule has 1 aliphatic rings. The van der Waals surface area contributed by atoms with Gasteiger partial charge in [0.25, 0.3) is 0 Å². The minimum Gasteiger partial charge on any atom is -0.493 e. The largest absolute Gasteiger partial charge is 0.493 e. The number of unbranched alkanes of at least 4 members (excludes halogenated alkanes) is 1. The van der Waals surface area contributed by atoms with Crippen molar-refractivity contribution in [3.05, 3.63) is 41.1 Å². The smallest absolute Gasteiger partial charge is 0.338 e. The molecule has 0 spiro atoms. The van der Waals surface area contributed by atoms with Crippen LogP contribution in [0.25, 0.3) is 0 Å². The average molecular weight is 378 g/mol. The molecule has 6 nitrogen and oxygen atoms in total. The first-order valence-corrected chi connectivity index (χ1v) is 9.15. The minimum absolute atomic E-state index is 0.192. The number of para-hydroxylation sites is 1. The fraction of sp³-hybridized carbons (Fsp3) is 0.474. The Morgan fingerprint density at radius 3 is 2.73 bits per heavy atom. The molecule has 0 amide bonds. The molecule has 0 aliphatic carbocycles. The van der Waals surface area contributed by atoms with Gasteiger partial charge in [0.1, 0.15) is 12.4 Å². The van der Waals surface area contributed by atoms with Gasteiger partial charge in [0.15, 0.2) is 5.11 Å². The maximum Gasteiger partial charge on any atom is 0.338 e. The summed E-state index contributed by atoms with van der Waals surface area (Å²) in [6, 6.07) is 7.23. The Hall–Kier alpha value is -2.12. The van der Waals surface area contributed by atoms with Gasteiger partial charge in [-0.3, -0.25) is 0 Å². The van der Waals surface area contributed by atoms with Crippen LogP contribution in [-0.4, -0.2) is 38.0 Å². The lowest BCUT2D eigenvalue weighted by molar-refractivity contribution is -0.140. The first-order chi connectivity index (χ1) is 12.6. The third kappa shape index (κ3) is 5.19. The Morgan fingerprint density at radius 2 is 2.00 bits per heavy atom. The lowest BCUT2D eigenvalue weighted by Gasteiger charge is -2.30. The standard InChI is InChI=1S/C19H26N2O4S/c1-4-5-10-24-15-9-7-6-8-14(15)17-16(13(2)20-19(26)21-17)18(22)25-12-11-23-3/h6-9,17H,4-5,10-12H2,1-3H3,(H2,20,21,26). The normalized spacial score (nSPS) is 16.7. The second-order valence-corrected chi connectivity index (χ2v) is 6.35. The van der Waals surface area contributed by atoms with Crippen molar-refractivity contribution in [1.29, 1.82) is 0 Å². The van der Waals surface area contributed by atoms with Crippen LogP contribution in [0.5, 0.6) is 5.75 Å². The van der Waals surface area contributed by atoms with Gasteiger partial charge in [-0.2, -0.15) is 0 Å². The van der Waals surface area contributed by atoms with Crippen LogP contribution in [0.1, 0.15) is 38.3 Å². The van der Waals surface area contributed by atoms with Crippen LogP contribution < -0.4 is 15.4 Å². The van der Waals surface area contributed by atoms with Crippen molar-refractivity contribution in [1.82, 2.24) is 10.6 Å². The molecule has 1 unspecified atom stereocenters. The van der Waals surface area contributed by atoms with Gasteiger partial charge < -0.3 is 24.8 Å². The summed E-state index contributed by atoms with van der Waals surface area (Å²) in [5, 5.41) is 6.63. The number of nitrogens with one attached hydrogen (secondary N) is 2. The summed E-state index contributed by atoms with van der Waals surface area (Å²) in [5.41, 5.74) is 2.01. The monoisotopic (exact) mass is 378 g/mol. The predicted octanol–water partition coefficient (Wildman–Crippen LogP) is 2.85. The van der Waals surface area contributed by atoms with E-state index in [1.165, 1.54) is 0 Å². The second-order valence-electron chi connectivity index (χ2n) is 5.94. The van der Waals surface area contributed by atoms with E-state index in [2.05, 4.69) is 17.6 Å². The van der Waals surface area contributed by atoms with E-state index < -0.39 is 12.0 Å². The first-order valence-electron chi connectivity index (χ1n) is 8.74. The number of methoxy groups -OCH3 is 1. The van der Waals surface area contributed by atoms with Crippen LogP contribution in [-0.2, 0) is 14.3 Å². The molecular formula is C19H26N2O4S. The molecule has 0 fully saturated rings. The van der Waals surface area contributed by atoms with Gasteiger partial charge in [0.05, 0.1) is 24.8 Å². The zero-order chi connectivity index (χ0) is 18.9. The van der Waals surface area contributed by atoms with Gasteiger partial charge in [-0.15, -0.1) is 0 Å². The van der Waals surface area contributed by atoms with Gasteiger partial charge in [-0.25, -0.2) is 4.79 Å². The highest BCUT2D eigenvalue weighted by Crippen LogP contribution is 2.33. The SMILES string of the molecule is CCCCOc1ccccc1C1NC(=S)NC(C)=C1C(=O)OCCOC. The van der Waals surface area contributed by atoms with Crippen LogP contribution in [0.4, 0.5) is 0 Å². The molecule has 26 heavy (non-hydrogen) atoms. The molecule has 1 aliphatic heterocycles. The Labute approximate surface area is 159 Å². The molecule has 1 aromatic rings. The molecule has 0 radical (unpaired) electrons. The summed E-state index contributed by atoms with van der Waals surface area (Å²) >= 11 is 5.29. The van der Waals surface area contributed by atoms with Gasteiger partial charge in [0.2, 0.25) is 0 Å². The molecule has 1 aromatic carbocycles. The Bertz CT molecular complexity index is 675. The first kappa shape index (κ1) is 20.2. The van der Waals surface area contributed by atoms with E-state index in [1.807, 2.05) is 31.2 Å². The van der Waals surface area contributed by atoms with Crippen molar-refractivity contribution < 1.29 is 19.0 Å². The fourth-order valence-electron chi connectivity index (χ4n) is 2.67. The quantitative estimate of drug-likeness (QED) is 0.389. The number of benzene rings is 1. The van der Waals surface area contributed by atoms with Crippen molar-refractivity contribution in [2.45, 2.75) is 32.7 Å². The highest BCUT2D eigenvalue weighted by atomic mass is 32.1. The maximum absolute atomic E-state index is 12.6. The van der Waals surface area contributed by atoms with Crippen LogP contribution in [0.15, 0.2) is 35.5 Å². The van der Waals surface area contributed by atoms with E-state index in [4.69, 9.17) is 26.4 Å². The summed E-state index contributed by atoms with van der Waals surface area (Å²) < 4.78 is 16.2. The zero-order valence-corrected chi connectivity index (χ0v) is 16.3. The van der Waals surface area contributed by atoms with Crippen LogP contribution in [0.3, 0.4) is 0 Å². The highest BCUT2D eigenvalue weighted by Gasteiger charge is 2.32. The van der Waals surface area contributed by atoms with Crippen molar-refractivity contribution in [3.8, 4) is 5.75 Å². The molecule has 0 saturated carbocycles. The summed E-state index contributed by atoms with van der Waals surface area (Å²) in [6.07, 6.45) is 2.01. The maximum atomic E-state index is 12.6. The molecular weight excluding hydrogens is 352 g/mol.